The Balaban J connectivity index is 1.67. The highest BCUT2D eigenvalue weighted by atomic mass is 16.6. The number of primary amides is 1. The summed E-state index contributed by atoms with van der Waals surface area (Å²) in [5.74, 6) is 1.41. The van der Waals surface area contributed by atoms with Gasteiger partial charge < -0.3 is 29.8 Å². The average Bonchev–Trinajstić information content (AvgIpc) is 3.21. The van der Waals surface area contributed by atoms with Gasteiger partial charge in [0.2, 0.25) is 5.91 Å². The van der Waals surface area contributed by atoms with Crippen molar-refractivity contribution < 1.29 is 23.8 Å². The number of rotatable bonds is 6. The van der Waals surface area contributed by atoms with Gasteiger partial charge in [-0.15, -0.1) is 0 Å². The van der Waals surface area contributed by atoms with Crippen molar-refractivity contribution >= 4 is 23.5 Å². The molecule has 3 N–H and O–H groups in total. The third-order valence-corrected chi connectivity index (χ3v) is 4.95. The highest BCUT2D eigenvalue weighted by Gasteiger charge is 2.36. The molecule has 0 bridgehead atoms. The molecule has 2 aliphatic rings. The second kappa shape index (κ2) is 7.63. The summed E-state index contributed by atoms with van der Waals surface area (Å²) in [6.45, 7) is 3.34. The predicted molar refractivity (Wildman–Crippen MR) is 105 cm³/mol. The fourth-order valence-corrected chi connectivity index (χ4v) is 3.45. The molecule has 3 heterocycles. The Kier molecular flexibility index (Phi) is 5.01. The molecule has 0 unspecified atom stereocenters. The number of cyclic esters (lactones) is 1. The number of aromatic nitrogens is 2. The molecule has 10 nitrogen and oxygen atoms in total. The lowest BCUT2D eigenvalue weighted by Gasteiger charge is -2.18. The van der Waals surface area contributed by atoms with Crippen LogP contribution in [0.5, 0.6) is 5.75 Å². The van der Waals surface area contributed by atoms with E-state index in [0.717, 1.165) is 11.3 Å². The van der Waals surface area contributed by atoms with Crippen LogP contribution in [0.15, 0.2) is 24.4 Å². The fourth-order valence-electron chi connectivity index (χ4n) is 3.45. The minimum Gasteiger partial charge on any atom is -0.491 e. The van der Waals surface area contributed by atoms with Gasteiger partial charge in [-0.1, -0.05) is 0 Å². The minimum absolute atomic E-state index is 0.218. The third kappa shape index (κ3) is 3.58. The van der Waals surface area contributed by atoms with E-state index in [-0.39, 0.29) is 12.6 Å². The van der Waals surface area contributed by atoms with Crippen molar-refractivity contribution in [2.45, 2.75) is 25.6 Å². The number of ether oxygens (including phenoxy) is 3. The minimum atomic E-state index is -0.508. The normalized spacial score (nSPS) is 18.9. The van der Waals surface area contributed by atoms with Crippen LogP contribution in [0, 0.1) is 0 Å². The Hall–Kier alpha value is -3.27. The van der Waals surface area contributed by atoms with Crippen molar-refractivity contribution in [2.24, 2.45) is 5.73 Å². The topological polar surface area (TPSA) is 121 Å². The van der Waals surface area contributed by atoms with Crippen LogP contribution in [-0.2, 0) is 20.8 Å². The molecule has 0 radical (unpaired) electrons. The molecular weight excluding hydrogens is 378 g/mol. The van der Waals surface area contributed by atoms with E-state index in [1.807, 2.05) is 29.0 Å². The number of hydrogen-bond donors (Lipinski definition) is 2. The molecule has 1 aromatic heterocycles. The van der Waals surface area contributed by atoms with Crippen LogP contribution in [0.2, 0.25) is 0 Å². The lowest BCUT2D eigenvalue weighted by molar-refractivity contribution is -0.118. The van der Waals surface area contributed by atoms with Crippen LogP contribution >= 0.6 is 0 Å². The van der Waals surface area contributed by atoms with Gasteiger partial charge in [0, 0.05) is 25.1 Å². The molecule has 1 saturated heterocycles. The summed E-state index contributed by atoms with van der Waals surface area (Å²) in [5, 5.41) is 3.05. The largest absolute Gasteiger partial charge is 0.491 e. The van der Waals surface area contributed by atoms with Gasteiger partial charge in [0.1, 0.15) is 30.8 Å². The number of carbonyl (C=O) groups is 2. The SMILES string of the molecule is COC[C@@H]1COC(=O)N1c1cn2c(n1)-c1ccc(N[C@@H](C)C(N)=O)cc1OCC2. The van der Waals surface area contributed by atoms with Gasteiger partial charge in [-0.3, -0.25) is 9.69 Å². The molecule has 2 aliphatic heterocycles. The lowest BCUT2D eigenvalue weighted by Crippen LogP contribution is -2.36. The van der Waals surface area contributed by atoms with Crippen molar-refractivity contribution in [1.29, 1.82) is 0 Å². The number of imidazole rings is 1. The number of methoxy groups -OCH3 is 1. The molecular formula is C19H23N5O5. The van der Waals surface area contributed by atoms with Crippen molar-refractivity contribution in [3.63, 3.8) is 0 Å². The number of amides is 2. The molecule has 154 valence electrons. The molecule has 2 atom stereocenters. The van der Waals surface area contributed by atoms with Crippen LogP contribution in [0.1, 0.15) is 6.92 Å². The first-order valence-electron chi connectivity index (χ1n) is 9.33. The molecule has 1 aromatic carbocycles. The summed E-state index contributed by atoms with van der Waals surface area (Å²) in [5.41, 5.74) is 6.83. The maximum absolute atomic E-state index is 12.2. The van der Waals surface area contributed by atoms with E-state index in [2.05, 4.69) is 5.32 Å². The van der Waals surface area contributed by atoms with Gasteiger partial charge >= 0.3 is 6.09 Å². The molecule has 0 spiro atoms. The zero-order valence-electron chi connectivity index (χ0n) is 16.3. The summed E-state index contributed by atoms with van der Waals surface area (Å²) in [6, 6.07) is 4.80. The summed E-state index contributed by atoms with van der Waals surface area (Å²) in [4.78, 5) is 29.7. The Bertz CT molecular complexity index is 943. The van der Waals surface area contributed by atoms with Gasteiger partial charge in [0.15, 0.2) is 5.82 Å². The molecule has 0 aliphatic carbocycles. The first kappa shape index (κ1) is 19.1. The van der Waals surface area contributed by atoms with Gasteiger partial charge in [-0.2, -0.15) is 0 Å². The highest BCUT2D eigenvalue weighted by Crippen LogP contribution is 2.36. The van der Waals surface area contributed by atoms with Crippen LogP contribution in [0.4, 0.5) is 16.3 Å². The van der Waals surface area contributed by atoms with Gasteiger partial charge in [0.25, 0.3) is 0 Å². The highest BCUT2D eigenvalue weighted by molar-refractivity contribution is 5.89. The predicted octanol–water partition coefficient (Wildman–Crippen LogP) is 1.20. The molecule has 0 saturated carbocycles. The number of hydrogen-bond acceptors (Lipinski definition) is 7. The summed E-state index contributed by atoms with van der Waals surface area (Å²) in [7, 11) is 1.58. The number of nitrogens with one attached hydrogen (secondary N) is 1. The van der Waals surface area contributed by atoms with Crippen molar-refractivity contribution in [2.75, 3.05) is 37.1 Å². The number of benzene rings is 1. The van der Waals surface area contributed by atoms with E-state index < -0.39 is 18.0 Å². The lowest BCUT2D eigenvalue weighted by atomic mass is 10.1. The van der Waals surface area contributed by atoms with E-state index in [4.69, 9.17) is 24.9 Å². The zero-order chi connectivity index (χ0) is 20.5. The Labute approximate surface area is 167 Å². The molecule has 1 fully saturated rings. The Morgan fingerprint density at radius 1 is 1.45 bits per heavy atom. The Morgan fingerprint density at radius 2 is 2.28 bits per heavy atom. The quantitative estimate of drug-likeness (QED) is 0.746. The zero-order valence-corrected chi connectivity index (χ0v) is 16.3. The van der Waals surface area contributed by atoms with Crippen LogP contribution in [0.25, 0.3) is 11.4 Å². The summed E-state index contributed by atoms with van der Waals surface area (Å²) >= 11 is 0. The van der Waals surface area contributed by atoms with E-state index in [9.17, 15) is 9.59 Å². The van der Waals surface area contributed by atoms with Crippen LogP contribution in [0.3, 0.4) is 0 Å². The number of nitrogens with two attached hydrogens (primary N) is 1. The first-order chi connectivity index (χ1) is 14.0. The van der Waals surface area contributed by atoms with Crippen molar-refractivity contribution in [3.05, 3.63) is 24.4 Å². The molecule has 2 aromatic rings. The molecule has 29 heavy (non-hydrogen) atoms. The number of carbonyl (C=O) groups excluding carboxylic acids is 2. The Morgan fingerprint density at radius 3 is 3.03 bits per heavy atom. The smallest absolute Gasteiger partial charge is 0.416 e. The van der Waals surface area contributed by atoms with Crippen molar-refractivity contribution in [1.82, 2.24) is 9.55 Å². The third-order valence-electron chi connectivity index (χ3n) is 4.95. The second-order valence-electron chi connectivity index (χ2n) is 7.00. The van der Waals surface area contributed by atoms with Gasteiger partial charge in [0.05, 0.1) is 24.8 Å². The van der Waals surface area contributed by atoms with Crippen LogP contribution in [-0.4, -0.2) is 60.6 Å². The number of fused-ring (bicyclic) bond motifs is 3. The van der Waals surface area contributed by atoms with E-state index in [1.54, 1.807) is 14.0 Å². The summed E-state index contributed by atoms with van der Waals surface area (Å²) < 4.78 is 18.2. The summed E-state index contributed by atoms with van der Waals surface area (Å²) in [6.07, 6.45) is 1.39. The maximum atomic E-state index is 12.2. The van der Waals surface area contributed by atoms with Crippen LogP contribution < -0.4 is 20.7 Å². The molecule has 10 heteroatoms. The fraction of sp³-hybridized carbons (Fsp3) is 0.421. The van der Waals surface area contributed by atoms with Gasteiger partial charge in [-0.05, 0) is 19.1 Å². The van der Waals surface area contributed by atoms with E-state index in [0.29, 0.717) is 37.2 Å². The maximum Gasteiger partial charge on any atom is 0.416 e. The average molecular weight is 401 g/mol. The second-order valence-corrected chi connectivity index (χ2v) is 7.00. The van der Waals surface area contributed by atoms with E-state index >= 15 is 0 Å². The number of nitrogens with zero attached hydrogens (tertiary/aromatic N) is 3. The van der Waals surface area contributed by atoms with Gasteiger partial charge in [-0.25, -0.2) is 9.78 Å². The number of anilines is 2. The van der Waals surface area contributed by atoms with Crippen molar-refractivity contribution in [3.8, 4) is 17.1 Å². The van der Waals surface area contributed by atoms with E-state index in [1.165, 1.54) is 4.90 Å². The molecule has 4 rings (SSSR count). The first-order valence-corrected chi connectivity index (χ1v) is 9.33. The standard InChI is InChI=1S/C19H23N5O5/c1-11(17(20)25)21-12-3-4-14-15(7-12)28-6-5-23-8-16(22-18(14)23)24-13(9-27-2)10-29-19(24)26/h3-4,7-8,11,13,21H,5-6,9-10H2,1-2H3,(H2,20,25)/t11-,13+/m0/s1. The monoisotopic (exact) mass is 401 g/mol. The molecule has 2 amide bonds.